The molecular formula is C13H18BrNO2S. The summed E-state index contributed by atoms with van der Waals surface area (Å²) in [5, 5.41) is 2.15. The molecule has 1 fully saturated rings. The minimum Gasteiger partial charge on any atom is -0.381 e. The first-order valence-electron chi connectivity index (χ1n) is 6.09. The Balaban J connectivity index is 1.92. The molecule has 2 rings (SSSR count). The van der Waals surface area contributed by atoms with Crippen molar-refractivity contribution in [2.45, 2.75) is 19.4 Å². The van der Waals surface area contributed by atoms with Crippen LogP contribution < -0.4 is 0 Å². The summed E-state index contributed by atoms with van der Waals surface area (Å²) in [7, 11) is 2.08. The van der Waals surface area contributed by atoms with Crippen molar-refractivity contribution >= 4 is 33.6 Å². The predicted octanol–water partition coefficient (Wildman–Crippen LogP) is 2.94. The van der Waals surface area contributed by atoms with Gasteiger partial charge in [0.25, 0.3) is 0 Å². The van der Waals surface area contributed by atoms with E-state index in [1.807, 2.05) is 0 Å². The Labute approximate surface area is 120 Å². The molecule has 1 aromatic rings. The van der Waals surface area contributed by atoms with Crippen molar-refractivity contribution in [3.8, 4) is 0 Å². The third-order valence-corrected chi connectivity index (χ3v) is 4.95. The number of rotatable bonds is 5. The van der Waals surface area contributed by atoms with Gasteiger partial charge in [-0.05, 0) is 52.8 Å². The van der Waals surface area contributed by atoms with E-state index in [1.165, 1.54) is 5.56 Å². The van der Waals surface area contributed by atoms with E-state index < -0.39 is 0 Å². The van der Waals surface area contributed by atoms with Crippen LogP contribution in [0.1, 0.15) is 18.4 Å². The molecule has 100 valence electrons. The Morgan fingerprint density at radius 2 is 2.28 bits per heavy atom. The van der Waals surface area contributed by atoms with Gasteiger partial charge in [-0.3, -0.25) is 0 Å². The number of nitrogens with zero attached hydrogens (tertiary/aromatic N) is 1. The maximum absolute atomic E-state index is 11.4. The lowest BCUT2D eigenvalue weighted by Crippen LogP contribution is -2.41. The summed E-state index contributed by atoms with van der Waals surface area (Å²) < 4.78 is 6.50. The van der Waals surface area contributed by atoms with E-state index in [0.717, 1.165) is 36.0 Å². The summed E-state index contributed by atoms with van der Waals surface area (Å²) >= 11 is 5.17. The quantitative estimate of drug-likeness (QED) is 0.777. The molecule has 1 aliphatic heterocycles. The van der Waals surface area contributed by atoms with Gasteiger partial charge in [-0.1, -0.05) is 0 Å². The highest BCUT2D eigenvalue weighted by molar-refractivity contribution is 9.11. The second kappa shape index (κ2) is 6.28. The number of halogens is 1. The summed E-state index contributed by atoms with van der Waals surface area (Å²) in [6, 6.07) is 2.14. The normalized spacial score (nSPS) is 19.1. The number of hydrogen-bond acceptors (Lipinski definition) is 4. The van der Waals surface area contributed by atoms with Crippen molar-refractivity contribution in [2.75, 3.05) is 26.8 Å². The molecular weight excluding hydrogens is 314 g/mol. The highest BCUT2D eigenvalue weighted by atomic mass is 79.9. The smallest absolute Gasteiger partial charge is 0.127 e. The molecule has 0 N–H and O–H groups in total. The summed E-state index contributed by atoms with van der Waals surface area (Å²) in [6.45, 7) is 3.11. The molecule has 0 aliphatic carbocycles. The van der Waals surface area contributed by atoms with E-state index in [1.54, 1.807) is 11.3 Å². The molecule has 18 heavy (non-hydrogen) atoms. The number of thiophene rings is 1. The van der Waals surface area contributed by atoms with Crippen LogP contribution in [0.5, 0.6) is 0 Å². The first-order valence-corrected chi connectivity index (χ1v) is 7.76. The fourth-order valence-corrected chi connectivity index (χ4v) is 3.63. The average Bonchev–Trinajstić information content (AvgIpc) is 2.75. The zero-order valence-electron chi connectivity index (χ0n) is 10.5. The SMILES string of the molecule is CN(Cc1csc(Br)c1)CC1(C=O)CCOCC1. The van der Waals surface area contributed by atoms with E-state index in [4.69, 9.17) is 4.74 Å². The summed E-state index contributed by atoms with van der Waals surface area (Å²) in [5.74, 6) is 0. The maximum Gasteiger partial charge on any atom is 0.127 e. The lowest BCUT2D eigenvalue weighted by molar-refractivity contribution is -0.122. The third kappa shape index (κ3) is 3.63. The van der Waals surface area contributed by atoms with Crippen LogP contribution in [0.25, 0.3) is 0 Å². The van der Waals surface area contributed by atoms with Crippen LogP contribution in [0, 0.1) is 5.41 Å². The van der Waals surface area contributed by atoms with Crippen LogP contribution in [0.3, 0.4) is 0 Å². The van der Waals surface area contributed by atoms with Crippen molar-refractivity contribution in [2.24, 2.45) is 5.41 Å². The molecule has 1 saturated heterocycles. The molecule has 0 aromatic carbocycles. The van der Waals surface area contributed by atoms with Crippen molar-refractivity contribution < 1.29 is 9.53 Å². The number of aldehydes is 1. The highest BCUT2D eigenvalue weighted by Crippen LogP contribution is 2.30. The lowest BCUT2D eigenvalue weighted by Gasteiger charge is -2.35. The van der Waals surface area contributed by atoms with Gasteiger partial charge < -0.3 is 14.4 Å². The molecule has 0 spiro atoms. The van der Waals surface area contributed by atoms with Crippen molar-refractivity contribution in [3.05, 3.63) is 20.8 Å². The second-order valence-electron chi connectivity index (χ2n) is 5.02. The first-order chi connectivity index (χ1) is 8.63. The van der Waals surface area contributed by atoms with Gasteiger partial charge >= 0.3 is 0 Å². The van der Waals surface area contributed by atoms with Crippen molar-refractivity contribution in [1.29, 1.82) is 0 Å². The molecule has 0 bridgehead atoms. The summed E-state index contributed by atoms with van der Waals surface area (Å²) in [4.78, 5) is 13.6. The van der Waals surface area contributed by atoms with Gasteiger partial charge in [0.15, 0.2) is 0 Å². The molecule has 0 saturated carbocycles. The fraction of sp³-hybridized carbons (Fsp3) is 0.615. The Bertz CT molecular complexity index is 401. The minimum atomic E-state index is -0.208. The molecule has 5 heteroatoms. The minimum absolute atomic E-state index is 0.208. The van der Waals surface area contributed by atoms with Crippen LogP contribution >= 0.6 is 27.3 Å². The highest BCUT2D eigenvalue weighted by Gasteiger charge is 2.33. The molecule has 1 aromatic heterocycles. The van der Waals surface area contributed by atoms with Gasteiger partial charge in [-0.15, -0.1) is 11.3 Å². The van der Waals surface area contributed by atoms with Gasteiger partial charge in [-0.2, -0.15) is 0 Å². The molecule has 0 radical (unpaired) electrons. The fourth-order valence-electron chi connectivity index (χ4n) is 2.42. The van der Waals surface area contributed by atoms with E-state index in [9.17, 15) is 4.79 Å². The average molecular weight is 332 g/mol. The lowest BCUT2D eigenvalue weighted by atomic mass is 9.81. The van der Waals surface area contributed by atoms with Crippen molar-refractivity contribution in [3.63, 3.8) is 0 Å². The van der Waals surface area contributed by atoms with E-state index >= 15 is 0 Å². The van der Waals surface area contributed by atoms with E-state index in [2.05, 4.69) is 39.3 Å². The van der Waals surface area contributed by atoms with Crippen LogP contribution in [-0.2, 0) is 16.1 Å². The number of carbonyl (C=O) groups is 1. The van der Waals surface area contributed by atoms with Gasteiger partial charge in [0.1, 0.15) is 6.29 Å². The molecule has 1 aliphatic rings. The standard InChI is InChI=1S/C13H18BrNO2S/c1-15(7-11-6-12(14)18-8-11)9-13(10-16)2-4-17-5-3-13/h6,8,10H,2-5,7,9H2,1H3. The Morgan fingerprint density at radius 1 is 1.56 bits per heavy atom. The number of carbonyl (C=O) groups excluding carboxylic acids is 1. The Morgan fingerprint density at radius 3 is 2.83 bits per heavy atom. The van der Waals surface area contributed by atoms with Crippen LogP contribution in [0.4, 0.5) is 0 Å². The van der Waals surface area contributed by atoms with Crippen LogP contribution in [-0.4, -0.2) is 38.0 Å². The zero-order chi connectivity index (χ0) is 13.0. The molecule has 2 heterocycles. The summed E-state index contributed by atoms with van der Waals surface area (Å²) in [5.41, 5.74) is 1.09. The van der Waals surface area contributed by atoms with Gasteiger partial charge in [0.05, 0.1) is 3.79 Å². The molecule has 3 nitrogen and oxygen atoms in total. The van der Waals surface area contributed by atoms with Gasteiger partial charge in [0.2, 0.25) is 0 Å². The largest absolute Gasteiger partial charge is 0.381 e. The zero-order valence-corrected chi connectivity index (χ0v) is 12.9. The van der Waals surface area contributed by atoms with Gasteiger partial charge in [-0.25, -0.2) is 0 Å². The predicted molar refractivity (Wildman–Crippen MR) is 76.9 cm³/mol. The molecule has 0 amide bonds. The Hall–Kier alpha value is -0.230. The number of ether oxygens (including phenoxy) is 1. The third-order valence-electron chi connectivity index (χ3n) is 3.40. The topological polar surface area (TPSA) is 29.5 Å². The van der Waals surface area contributed by atoms with Crippen LogP contribution in [0.2, 0.25) is 0 Å². The maximum atomic E-state index is 11.4. The van der Waals surface area contributed by atoms with E-state index in [-0.39, 0.29) is 5.41 Å². The number of hydrogen-bond donors (Lipinski definition) is 0. The second-order valence-corrected chi connectivity index (χ2v) is 7.31. The van der Waals surface area contributed by atoms with Gasteiger partial charge in [0, 0.05) is 31.7 Å². The van der Waals surface area contributed by atoms with Crippen molar-refractivity contribution in [1.82, 2.24) is 4.90 Å². The Kier molecular flexibility index (Phi) is 4.95. The van der Waals surface area contributed by atoms with E-state index in [0.29, 0.717) is 13.2 Å². The first kappa shape index (κ1) is 14.2. The van der Waals surface area contributed by atoms with Crippen LogP contribution in [0.15, 0.2) is 15.2 Å². The summed E-state index contributed by atoms with van der Waals surface area (Å²) in [6.07, 6.45) is 2.82. The molecule has 0 unspecified atom stereocenters. The molecule has 0 atom stereocenters. The monoisotopic (exact) mass is 331 g/mol.